The molecule has 0 aliphatic carbocycles. The van der Waals surface area contributed by atoms with E-state index in [1.165, 1.54) is 5.56 Å². The molecule has 4 nitrogen and oxygen atoms in total. The van der Waals surface area contributed by atoms with Crippen LogP contribution in [-0.4, -0.2) is 30.1 Å². The number of benzene rings is 1. The van der Waals surface area contributed by atoms with Crippen molar-refractivity contribution in [3.8, 4) is 5.75 Å². The van der Waals surface area contributed by atoms with Gasteiger partial charge in [-0.15, -0.1) is 0 Å². The Morgan fingerprint density at radius 2 is 2.38 bits per heavy atom. The summed E-state index contributed by atoms with van der Waals surface area (Å²) >= 11 is 0. The number of oxime groups is 1. The molecule has 2 aliphatic heterocycles. The lowest BCUT2D eigenvalue weighted by atomic mass is 10.0. The van der Waals surface area contributed by atoms with Crippen LogP contribution in [0.2, 0.25) is 0 Å². The van der Waals surface area contributed by atoms with Gasteiger partial charge in [0.25, 0.3) is 0 Å². The normalized spacial score (nSPS) is 22.3. The predicted octanol–water partition coefficient (Wildman–Crippen LogP) is 1.11. The van der Waals surface area contributed by atoms with Crippen molar-refractivity contribution in [2.24, 2.45) is 5.16 Å². The van der Waals surface area contributed by atoms with Crippen molar-refractivity contribution in [1.82, 2.24) is 0 Å². The molecular weight excluding hydrogens is 206 g/mol. The second-order valence-corrected chi connectivity index (χ2v) is 4.07. The van der Waals surface area contributed by atoms with Gasteiger partial charge < -0.3 is 14.7 Å². The maximum atomic E-state index is 8.97. The zero-order valence-corrected chi connectivity index (χ0v) is 8.85. The zero-order valence-electron chi connectivity index (χ0n) is 8.85. The molecule has 1 aromatic carbocycles. The standard InChI is InChI=1S/C12H13NO3/c14-7-10-6-11(13-16-10)8-1-2-12-9(5-8)3-4-15-12/h1-2,5,10,14H,3-4,6-7H2. The number of hydrogen-bond donors (Lipinski definition) is 1. The highest BCUT2D eigenvalue weighted by atomic mass is 16.6. The SMILES string of the molecule is OCC1CC(c2ccc3c(c2)CCO3)=NO1. The number of ether oxygens (including phenoxy) is 1. The molecule has 0 saturated heterocycles. The Bertz CT molecular complexity index is 442. The molecule has 2 aliphatic rings. The van der Waals surface area contributed by atoms with Crippen LogP contribution in [0, 0.1) is 0 Å². The van der Waals surface area contributed by atoms with Gasteiger partial charge in [0.2, 0.25) is 0 Å². The number of fused-ring (bicyclic) bond motifs is 1. The number of aliphatic hydroxyl groups excluding tert-OH is 1. The van der Waals surface area contributed by atoms with Crippen LogP contribution >= 0.6 is 0 Å². The van der Waals surface area contributed by atoms with Crippen LogP contribution in [0.1, 0.15) is 17.5 Å². The van der Waals surface area contributed by atoms with Crippen molar-refractivity contribution in [2.45, 2.75) is 18.9 Å². The van der Waals surface area contributed by atoms with E-state index in [-0.39, 0.29) is 12.7 Å². The maximum absolute atomic E-state index is 8.97. The summed E-state index contributed by atoms with van der Waals surface area (Å²) in [5.74, 6) is 0.974. The Balaban J connectivity index is 1.85. The van der Waals surface area contributed by atoms with Crippen molar-refractivity contribution in [2.75, 3.05) is 13.2 Å². The third-order valence-electron chi connectivity index (χ3n) is 2.96. The van der Waals surface area contributed by atoms with Crippen molar-refractivity contribution in [1.29, 1.82) is 0 Å². The van der Waals surface area contributed by atoms with Crippen LogP contribution in [0.3, 0.4) is 0 Å². The summed E-state index contributed by atoms with van der Waals surface area (Å²) in [6.07, 6.45) is 1.45. The van der Waals surface area contributed by atoms with E-state index in [0.717, 1.165) is 30.1 Å². The van der Waals surface area contributed by atoms with Crippen LogP contribution in [0.25, 0.3) is 0 Å². The molecule has 16 heavy (non-hydrogen) atoms. The Kier molecular flexibility index (Phi) is 2.29. The van der Waals surface area contributed by atoms with E-state index in [1.807, 2.05) is 12.1 Å². The molecule has 1 atom stereocenters. The van der Waals surface area contributed by atoms with Gasteiger partial charge in [-0.05, 0) is 29.3 Å². The summed E-state index contributed by atoms with van der Waals surface area (Å²) in [5, 5.41) is 13.0. The molecule has 2 heterocycles. The average Bonchev–Trinajstić information content (AvgIpc) is 2.96. The lowest BCUT2D eigenvalue weighted by Crippen LogP contribution is -2.12. The van der Waals surface area contributed by atoms with E-state index < -0.39 is 0 Å². The number of aliphatic hydroxyl groups is 1. The van der Waals surface area contributed by atoms with Gasteiger partial charge in [0, 0.05) is 12.8 Å². The summed E-state index contributed by atoms with van der Waals surface area (Å²) in [6, 6.07) is 6.07. The summed E-state index contributed by atoms with van der Waals surface area (Å²) < 4.78 is 5.45. The third-order valence-corrected chi connectivity index (χ3v) is 2.96. The van der Waals surface area contributed by atoms with Gasteiger partial charge in [0.15, 0.2) is 6.10 Å². The first-order valence-electron chi connectivity index (χ1n) is 5.46. The summed E-state index contributed by atoms with van der Waals surface area (Å²) in [7, 11) is 0. The number of hydrogen-bond acceptors (Lipinski definition) is 4. The fourth-order valence-corrected chi connectivity index (χ4v) is 2.06. The topological polar surface area (TPSA) is 51.0 Å². The number of rotatable bonds is 2. The molecule has 4 heteroatoms. The highest BCUT2D eigenvalue weighted by molar-refractivity contribution is 6.01. The van der Waals surface area contributed by atoms with Crippen LogP contribution in [-0.2, 0) is 11.3 Å². The molecule has 1 unspecified atom stereocenters. The van der Waals surface area contributed by atoms with Crippen LogP contribution in [0.5, 0.6) is 5.75 Å². The Morgan fingerprint density at radius 3 is 3.19 bits per heavy atom. The van der Waals surface area contributed by atoms with Gasteiger partial charge in [0.1, 0.15) is 5.75 Å². The second-order valence-electron chi connectivity index (χ2n) is 4.07. The Morgan fingerprint density at radius 1 is 1.44 bits per heavy atom. The Labute approximate surface area is 93.5 Å². The van der Waals surface area contributed by atoms with Crippen LogP contribution in [0.15, 0.2) is 23.4 Å². The van der Waals surface area contributed by atoms with Gasteiger partial charge >= 0.3 is 0 Å². The fraction of sp³-hybridized carbons (Fsp3) is 0.417. The van der Waals surface area contributed by atoms with Crippen molar-refractivity contribution in [3.05, 3.63) is 29.3 Å². The zero-order chi connectivity index (χ0) is 11.0. The molecule has 1 aromatic rings. The van der Waals surface area contributed by atoms with Crippen LogP contribution in [0.4, 0.5) is 0 Å². The molecule has 0 bridgehead atoms. The minimum absolute atomic E-state index is 0.0149. The largest absolute Gasteiger partial charge is 0.493 e. The molecule has 0 aromatic heterocycles. The second kappa shape index (κ2) is 3.79. The summed E-state index contributed by atoms with van der Waals surface area (Å²) in [5.41, 5.74) is 3.21. The van der Waals surface area contributed by atoms with Crippen molar-refractivity contribution in [3.63, 3.8) is 0 Å². The molecule has 1 N–H and O–H groups in total. The molecule has 3 rings (SSSR count). The molecule has 0 fully saturated rings. The minimum Gasteiger partial charge on any atom is -0.493 e. The third kappa shape index (κ3) is 1.55. The van der Waals surface area contributed by atoms with Crippen molar-refractivity contribution >= 4 is 5.71 Å². The first kappa shape index (κ1) is 9.66. The quantitative estimate of drug-likeness (QED) is 0.810. The van der Waals surface area contributed by atoms with Gasteiger partial charge in [-0.3, -0.25) is 0 Å². The first-order valence-corrected chi connectivity index (χ1v) is 5.46. The number of nitrogens with zero attached hydrogens (tertiary/aromatic N) is 1. The molecule has 0 spiro atoms. The van der Waals surface area contributed by atoms with E-state index in [1.54, 1.807) is 0 Å². The smallest absolute Gasteiger partial charge is 0.156 e. The van der Waals surface area contributed by atoms with Crippen LogP contribution < -0.4 is 4.74 Å². The van der Waals surface area contributed by atoms with E-state index in [2.05, 4.69) is 11.2 Å². The molecule has 0 amide bonds. The Hall–Kier alpha value is -1.55. The molecule has 0 saturated carbocycles. The van der Waals surface area contributed by atoms with E-state index >= 15 is 0 Å². The summed E-state index contributed by atoms with van der Waals surface area (Å²) in [6.45, 7) is 0.780. The monoisotopic (exact) mass is 219 g/mol. The van der Waals surface area contributed by atoms with Gasteiger partial charge in [-0.1, -0.05) is 5.16 Å². The van der Waals surface area contributed by atoms with Gasteiger partial charge in [0.05, 0.1) is 18.9 Å². The van der Waals surface area contributed by atoms with E-state index in [0.29, 0.717) is 6.42 Å². The lowest BCUT2D eigenvalue weighted by molar-refractivity contribution is 0.0390. The lowest BCUT2D eigenvalue weighted by Gasteiger charge is -2.03. The highest BCUT2D eigenvalue weighted by Crippen LogP contribution is 2.27. The van der Waals surface area contributed by atoms with Gasteiger partial charge in [-0.2, -0.15) is 0 Å². The predicted molar refractivity (Wildman–Crippen MR) is 58.8 cm³/mol. The highest BCUT2D eigenvalue weighted by Gasteiger charge is 2.22. The molecule has 84 valence electrons. The van der Waals surface area contributed by atoms with Gasteiger partial charge in [-0.25, -0.2) is 0 Å². The average molecular weight is 219 g/mol. The maximum Gasteiger partial charge on any atom is 0.156 e. The minimum atomic E-state index is -0.181. The first-order chi connectivity index (χ1) is 7.86. The van der Waals surface area contributed by atoms with E-state index in [4.69, 9.17) is 14.7 Å². The van der Waals surface area contributed by atoms with Crippen molar-refractivity contribution < 1.29 is 14.7 Å². The van der Waals surface area contributed by atoms with E-state index in [9.17, 15) is 0 Å². The fourth-order valence-electron chi connectivity index (χ4n) is 2.06. The molecular formula is C12H13NO3. The molecule has 0 radical (unpaired) electrons. The summed E-state index contributed by atoms with van der Waals surface area (Å²) in [4.78, 5) is 5.10.